The van der Waals surface area contributed by atoms with Crippen molar-refractivity contribution in [2.75, 3.05) is 26.3 Å². The Morgan fingerprint density at radius 2 is 1.06 bits per heavy atom. The molecule has 2 fully saturated rings. The Morgan fingerprint density at radius 3 is 1.46 bits per heavy atom. The van der Waals surface area contributed by atoms with E-state index in [4.69, 9.17) is 19.4 Å². The molecule has 2 aromatic carbocycles. The van der Waals surface area contributed by atoms with Crippen LogP contribution in [0, 0.1) is 0 Å². The first-order chi connectivity index (χ1) is 26.6. The van der Waals surface area contributed by atoms with Gasteiger partial charge < -0.3 is 19.3 Å². The molecule has 0 N–H and O–H groups in total. The number of likely N-dealkylation sites (tertiary alicyclic amines) is 2. The van der Waals surface area contributed by atoms with Crippen molar-refractivity contribution in [3.8, 4) is 32.9 Å². The Labute approximate surface area is 321 Å². The van der Waals surface area contributed by atoms with Gasteiger partial charge in [0.25, 0.3) is 11.8 Å². The number of rotatable bonds is 10. The summed E-state index contributed by atoms with van der Waals surface area (Å²) in [5, 5.41) is 5.71. The molecular weight excluding hydrogens is 721 g/mol. The molecule has 4 aromatic heterocycles. The van der Waals surface area contributed by atoms with Gasteiger partial charge in [-0.25, -0.2) is 9.97 Å². The molecule has 14 heteroatoms. The first kappa shape index (κ1) is 36.7. The number of benzene rings is 2. The standard InChI is InChI=1S/2C20H20N4O2S/c2*25-19(13-26-15-6-2-1-3-7-15)24-11-5-4-8-18(24)17-14-27-20(23-17)16-12-21-9-10-22-16/h2*1-3,6-7,9-10,12,14,18H,4-5,8,11,13H2/t2*18-/m11/s1. The van der Waals surface area contributed by atoms with Crippen LogP contribution in [-0.2, 0) is 9.59 Å². The maximum absolute atomic E-state index is 12.8. The van der Waals surface area contributed by atoms with Gasteiger partial charge in [0.05, 0.1) is 35.9 Å². The molecule has 0 bridgehead atoms. The molecule has 2 aliphatic rings. The summed E-state index contributed by atoms with van der Waals surface area (Å²) in [7, 11) is 0. The number of aromatic nitrogens is 6. The van der Waals surface area contributed by atoms with Crippen LogP contribution >= 0.6 is 22.7 Å². The van der Waals surface area contributed by atoms with Crippen molar-refractivity contribution in [3.63, 3.8) is 0 Å². The van der Waals surface area contributed by atoms with E-state index in [2.05, 4.69) is 19.9 Å². The number of hydrogen-bond acceptors (Lipinski definition) is 12. The first-order valence-corrected chi connectivity index (χ1v) is 19.8. The number of carbonyl (C=O) groups excluding carboxylic acids is 2. The Morgan fingerprint density at radius 1 is 0.611 bits per heavy atom. The second kappa shape index (κ2) is 18.4. The maximum Gasteiger partial charge on any atom is 0.261 e. The van der Waals surface area contributed by atoms with E-state index in [1.807, 2.05) is 81.2 Å². The highest BCUT2D eigenvalue weighted by molar-refractivity contribution is 7.13. The van der Waals surface area contributed by atoms with E-state index >= 15 is 0 Å². The van der Waals surface area contributed by atoms with Crippen molar-refractivity contribution in [2.45, 2.75) is 50.6 Å². The second-order valence-corrected chi connectivity index (χ2v) is 14.5. The summed E-state index contributed by atoms with van der Waals surface area (Å²) < 4.78 is 11.3. The van der Waals surface area contributed by atoms with Gasteiger partial charge in [0.15, 0.2) is 13.2 Å². The molecule has 54 heavy (non-hydrogen) atoms. The van der Waals surface area contributed by atoms with Gasteiger partial charge in [-0.05, 0) is 62.8 Å². The highest BCUT2D eigenvalue weighted by atomic mass is 32.1. The number of amides is 2. The number of para-hydroxylation sites is 2. The first-order valence-electron chi connectivity index (χ1n) is 18.0. The van der Waals surface area contributed by atoms with Crippen LogP contribution in [0.2, 0.25) is 0 Å². The fourth-order valence-corrected chi connectivity index (χ4v) is 8.15. The zero-order chi connectivity index (χ0) is 37.0. The number of piperidine rings is 2. The summed E-state index contributed by atoms with van der Waals surface area (Å²) in [4.78, 5) is 55.7. The minimum absolute atomic E-state index is 0.00222. The second-order valence-electron chi connectivity index (χ2n) is 12.7. The molecule has 276 valence electrons. The van der Waals surface area contributed by atoms with Crippen LogP contribution in [-0.4, -0.2) is 77.8 Å². The molecule has 2 atom stereocenters. The van der Waals surface area contributed by atoms with Gasteiger partial charge in [0.2, 0.25) is 0 Å². The summed E-state index contributed by atoms with van der Waals surface area (Å²) in [5.41, 5.74) is 3.37. The molecule has 8 rings (SSSR count). The van der Waals surface area contributed by atoms with E-state index in [9.17, 15) is 9.59 Å². The van der Waals surface area contributed by atoms with Gasteiger partial charge >= 0.3 is 0 Å². The van der Waals surface area contributed by atoms with Crippen LogP contribution in [0.1, 0.15) is 62.0 Å². The molecular formula is C40H40N8O4S2. The van der Waals surface area contributed by atoms with Gasteiger partial charge in [0.1, 0.15) is 32.9 Å². The maximum atomic E-state index is 12.8. The van der Waals surface area contributed by atoms with E-state index in [0.29, 0.717) is 11.5 Å². The highest BCUT2D eigenvalue weighted by Gasteiger charge is 2.31. The number of nitrogens with zero attached hydrogens (tertiary/aromatic N) is 8. The lowest BCUT2D eigenvalue weighted by Gasteiger charge is -2.34. The Balaban J connectivity index is 0.000000167. The zero-order valence-electron chi connectivity index (χ0n) is 29.6. The molecule has 0 radical (unpaired) electrons. The fraction of sp³-hybridized carbons (Fsp3) is 0.300. The molecule has 2 aliphatic heterocycles. The van der Waals surface area contributed by atoms with Crippen LogP contribution in [0.15, 0.2) is 109 Å². The van der Waals surface area contributed by atoms with Gasteiger partial charge in [-0.3, -0.25) is 29.5 Å². The Kier molecular flexibility index (Phi) is 12.5. The lowest BCUT2D eigenvalue weighted by Crippen LogP contribution is -2.41. The summed E-state index contributed by atoms with van der Waals surface area (Å²) >= 11 is 3.07. The Hall–Kier alpha value is -5.60. The van der Waals surface area contributed by atoms with Gasteiger partial charge in [-0.2, -0.15) is 0 Å². The average Bonchev–Trinajstić information content (AvgIpc) is 3.95. The molecule has 6 heterocycles. The van der Waals surface area contributed by atoms with Crippen molar-refractivity contribution >= 4 is 34.5 Å². The monoisotopic (exact) mass is 760 g/mol. The normalized spacial score (nSPS) is 16.9. The zero-order valence-corrected chi connectivity index (χ0v) is 31.3. The minimum atomic E-state index is -0.00713. The number of thiazole rings is 2. The van der Waals surface area contributed by atoms with Crippen LogP contribution < -0.4 is 9.47 Å². The van der Waals surface area contributed by atoms with Crippen LogP contribution in [0.3, 0.4) is 0 Å². The molecule has 0 saturated carbocycles. The molecule has 2 amide bonds. The topological polar surface area (TPSA) is 136 Å². The van der Waals surface area contributed by atoms with E-state index < -0.39 is 0 Å². The van der Waals surface area contributed by atoms with E-state index in [-0.39, 0.29) is 37.1 Å². The van der Waals surface area contributed by atoms with Crippen LogP contribution in [0.5, 0.6) is 11.5 Å². The largest absolute Gasteiger partial charge is 0.484 e. The van der Waals surface area contributed by atoms with E-state index in [0.717, 1.165) is 84.4 Å². The summed E-state index contributed by atoms with van der Waals surface area (Å²) in [6, 6.07) is 18.8. The average molecular weight is 761 g/mol. The van der Waals surface area contributed by atoms with Crippen molar-refractivity contribution in [1.29, 1.82) is 0 Å². The fourth-order valence-electron chi connectivity index (χ4n) is 6.50. The molecule has 0 spiro atoms. The predicted molar refractivity (Wildman–Crippen MR) is 207 cm³/mol. The predicted octanol–water partition coefficient (Wildman–Crippen LogP) is 7.47. The molecule has 6 aromatic rings. The summed E-state index contributed by atoms with van der Waals surface area (Å²) in [5.74, 6) is 1.41. The third-order valence-corrected chi connectivity index (χ3v) is 10.9. The van der Waals surface area contributed by atoms with Crippen molar-refractivity contribution < 1.29 is 19.1 Å². The van der Waals surface area contributed by atoms with Crippen molar-refractivity contribution in [3.05, 3.63) is 120 Å². The SMILES string of the molecule is O=C(COc1ccccc1)N1CCCC[C@@H]1c1csc(-c2cnccn2)n1.O=C(COc1ccccc1)N1CCCC[C@@H]1c1csc(-c2cnccn2)n1. The third-order valence-electron chi connectivity index (χ3n) is 9.15. The lowest BCUT2D eigenvalue weighted by molar-refractivity contribution is -0.138. The van der Waals surface area contributed by atoms with Gasteiger partial charge in [-0.1, -0.05) is 36.4 Å². The third kappa shape index (κ3) is 9.49. The van der Waals surface area contributed by atoms with Crippen molar-refractivity contribution in [2.24, 2.45) is 0 Å². The van der Waals surface area contributed by atoms with E-state index in [1.165, 1.54) is 22.7 Å². The quantitative estimate of drug-likeness (QED) is 0.138. The molecule has 12 nitrogen and oxygen atoms in total. The van der Waals surface area contributed by atoms with Gasteiger partial charge in [0, 0.05) is 48.6 Å². The van der Waals surface area contributed by atoms with E-state index in [1.54, 1.807) is 37.2 Å². The number of carbonyl (C=O) groups is 2. The van der Waals surface area contributed by atoms with Crippen LogP contribution in [0.25, 0.3) is 21.4 Å². The number of ether oxygens (including phenoxy) is 2. The molecule has 0 aliphatic carbocycles. The van der Waals surface area contributed by atoms with Crippen LogP contribution in [0.4, 0.5) is 0 Å². The molecule has 0 unspecified atom stereocenters. The van der Waals surface area contributed by atoms with Crippen molar-refractivity contribution in [1.82, 2.24) is 39.7 Å². The highest BCUT2D eigenvalue weighted by Crippen LogP contribution is 2.35. The summed E-state index contributed by atoms with van der Waals surface area (Å²) in [6.07, 6.45) is 16.1. The minimum Gasteiger partial charge on any atom is -0.484 e. The lowest BCUT2D eigenvalue weighted by atomic mass is 10.00. The Bertz CT molecular complexity index is 1920. The number of hydrogen-bond donors (Lipinski definition) is 0. The molecule has 2 saturated heterocycles. The summed E-state index contributed by atoms with van der Waals surface area (Å²) in [6.45, 7) is 1.56. The van der Waals surface area contributed by atoms with Gasteiger partial charge in [-0.15, -0.1) is 22.7 Å². The smallest absolute Gasteiger partial charge is 0.261 e.